The molecule has 1 atom stereocenters. The first-order valence-electron chi connectivity index (χ1n) is 6.92. The highest BCUT2D eigenvalue weighted by Gasteiger charge is 2.31. The summed E-state index contributed by atoms with van der Waals surface area (Å²) in [5.41, 5.74) is 0.362. The zero-order chi connectivity index (χ0) is 13.2. The summed E-state index contributed by atoms with van der Waals surface area (Å²) in [5, 5.41) is 9.75. The number of rotatable bonds is 1. The van der Waals surface area contributed by atoms with E-state index >= 15 is 0 Å². The first kappa shape index (κ1) is 12.4. The molecule has 5 heteroatoms. The summed E-state index contributed by atoms with van der Waals surface area (Å²) >= 11 is 0. The minimum absolute atomic E-state index is 0.0278. The van der Waals surface area contributed by atoms with Crippen LogP contribution < -0.4 is 0 Å². The molecule has 19 heavy (non-hydrogen) atoms. The van der Waals surface area contributed by atoms with Crippen molar-refractivity contribution in [2.75, 3.05) is 26.2 Å². The number of aromatic hydroxyl groups is 1. The predicted octanol–water partition coefficient (Wildman–Crippen LogP) is 1.10. The molecular formula is C14H19N3O2. The molecule has 1 unspecified atom stereocenters. The van der Waals surface area contributed by atoms with E-state index in [0.29, 0.717) is 11.6 Å². The van der Waals surface area contributed by atoms with Gasteiger partial charge < -0.3 is 10.0 Å². The summed E-state index contributed by atoms with van der Waals surface area (Å²) in [6.07, 6.45) is 6.28. The van der Waals surface area contributed by atoms with Crippen LogP contribution in [0.15, 0.2) is 18.5 Å². The van der Waals surface area contributed by atoms with Gasteiger partial charge in [-0.2, -0.15) is 0 Å². The Labute approximate surface area is 112 Å². The summed E-state index contributed by atoms with van der Waals surface area (Å²) in [4.78, 5) is 20.7. The van der Waals surface area contributed by atoms with Gasteiger partial charge in [0, 0.05) is 31.9 Å². The fraction of sp³-hybridized carbons (Fsp3) is 0.571. The second kappa shape index (κ2) is 5.17. The van der Waals surface area contributed by atoms with Gasteiger partial charge >= 0.3 is 0 Å². The van der Waals surface area contributed by atoms with Gasteiger partial charge in [0.05, 0.1) is 11.8 Å². The highest BCUT2D eigenvalue weighted by molar-refractivity contribution is 5.96. The number of nitrogens with zero attached hydrogens (tertiary/aromatic N) is 3. The zero-order valence-corrected chi connectivity index (χ0v) is 11.0. The monoisotopic (exact) mass is 261 g/mol. The molecule has 2 fully saturated rings. The lowest BCUT2D eigenvalue weighted by molar-refractivity contribution is 0.0740. The van der Waals surface area contributed by atoms with Crippen LogP contribution in [0.1, 0.15) is 29.6 Å². The molecule has 0 aliphatic carbocycles. The van der Waals surface area contributed by atoms with Crippen LogP contribution in [0.3, 0.4) is 0 Å². The standard InChI is InChI=1S/C14H19N3O2/c18-13-9-15-5-4-12(13)14(19)17-8-2-7-16-6-1-3-11(16)10-17/h4-5,9,11,18H,1-3,6-8,10H2. The van der Waals surface area contributed by atoms with Crippen LogP contribution in [0.25, 0.3) is 0 Å². The number of hydrogen-bond donors (Lipinski definition) is 1. The van der Waals surface area contributed by atoms with E-state index in [1.807, 2.05) is 4.90 Å². The number of pyridine rings is 1. The van der Waals surface area contributed by atoms with E-state index in [2.05, 4.69) is 9.88 Å². The molecule has 0 radical (unpaired) electrons. The number of amides is 1. The highest BCUT2D eigenvalue weighted by atomic mass is 16.3. The number of fused-ring (bicyclic) bond motifs is 1. The van der Waals surface area contributed by atoms with Gasteiger partial charge in [0.1, 0.15) is 5.75 Å². The molecule has 2 aliphatic rings. The van der Waals surface area contributed by atoms with Crippen LogP contribution in [-0.2, 0) is 0 Å². The number of aromatic nitrogens is 1. The first-order valence-corrected chi connectivity index (χ1v) is 6.92. The van der Waals surface area contributed by atoms with Crippen molar-refractivity contribution in [3.8, 4) is 5.75 Å². The van der Waals surface area contributed by atoms with Crippen molar-refractivity contribution in [2.45, 2.75) is 25.3 Å². The third kappa shape index (κ3) is 2.42. The quantitative estimate of drug-likeness (QED) is 0.822. The molecule has 0 aromatic carbocycles. The average molecular weight is 261 g/mol. The van der Waals surface area contributed by atoms with Crippen LogP contribution in [0, 0.1) is 0 Å². The third-order valence-corrected chi connectivity index (χ3v) is 4.12. The highest BCUT2D eigenvalue weighted by Crippen LogP contribution is 2.23. The predicted molar refractivity (Wildman–Crippen MR) is 71.0 cm³/mol. The van der Waals surface area contributed by atoms with E-state index in [9.17, 15) is 9.90 Å². The normalized spacial score (nSPS) is 24.0. The molecule has 0 bridgehead atoms. The molecule has 3 heterocycles. The molecule has 1 N–H and O–H groups in total. The lowest BCUT2D eigenvalue weighted by Crippen LogP contribution is -2.39. The van der Waals surface area contributed by atoms with E-state index in [4.69, 9.17) is 0 Å². The minimum atomic E-state index is -0.0753. The smallest absolute Gasteiger partial charge is 0.257 e. The van der Waals surface area contributed by atoms with Crippen LogP contribution >= 0.6 is 0 Å². The van der Waals surface area contributed by atoms with E-state index in [-0.39, 0.29) is 11.7 Å². The number of carbonyl (C=O) groups excluding carboxylic acids is 1. The summed E-state index contributed by atoms with van der Waals surface area (Å²) < 4.78 is 0. The van der Waals surface area contributed by atoms with Crippen LogP contribution in [0.5, 0.6) is 5.75 Å². The van der Waals surface area contributed by atoms with E-state index in [1.54, 1.807) is 12.3 Å². The molecule has 1 amide bonds. The molecule has 1 aromatic heterocycles. The van der Waals surface area contributed by atoms with E-state index in [1.165, 1.54) is 19.0 Å². The Kier molecular flexibility index (Phi) is 3.38. The van der Waals surface area contributed by atoms with Crippen molar-refractivity contribution in [1.82, 2.24) is 14.8 Å². The Balaban J connectivity index is 1.78. The molecular weight excluding hydrogens is 242 g/mol. The van der Waals surface area contributed by atoms with E-state index < -0.39 is 0 Å². The van der Waals surface area contributed by atoms with Crippen LogP contribution in [0.2, 0.25) is 0 Å². The van der Waals surface area contributed by atoms with Crippen molar-refractivity contribution in [3.05, 3.63) is 24.0 Å². The van der Waals surface area contributed by atoms with Gasteiger partial charge in [-0.15, -0.1) is 0 Å². The second-order valence-electron chi connectivity index (χ2n) is 5.33. The maximum absolute atomic E-state index is 12.5. The maximum atomic E-state index is 12.5. The Bertz CT molecular complexity index is 478. The number of hydrogen-bond acceptors (Lipinski definition) is 4. The van der Waals surface area contributed by atoms with Gasteiger partial charge in [-0.05, 0) is 31.9 Å². The van der Waals surface area contributed by atoms with Crippen molar-refractivity contribution >= 4 is 5.91 Å². The Morgan fingerprint density at radius 2 is 2.16 bits per heavy atom. The lowest BCUT2D eigenvalue weighted by atomic mass is 10.1. The van der Waals surface area contributed by atoms with Gasteiger partial charge in [0.25, 0.3) is 5.91 Å². The maximum Gasteiger partial charge on any atom is 0.257 e. The summed E-state index contributed by atoms with van der Waals surface area (Å²) in [7, 11) is 0. The number of carbonyl (C=O) groups is 1. The van der Waals surface area contributed by atoms with Gasteiger partial charge in [0.2, 0.25) is 0 Å². The zero-order valence-electron chi connectivity index (χ0n) is 11.0. The molecule has 0 saturated carbocycles. The Morgan fingerprint density at radius 1 is 1.32 bits per heavy atom. The molecule has 5 nitrogen and oxygen atoms in total. The van der Waals surface area contributed by atoms with Crippen LogP contribution in [-0.4, -0.2) is 58.0 Å². The summed E-state index contributed by atoms with van der Waals surface area (Å²) in [6.45, 7) is 3.79. The van der Waals surface area contributed by atoms with Gasteiger partial charge in [0.15, 0.2) is 0 Å². The van der Waals surface area contributed by atoms with Crippen LogP contribution in [0.4, 0.5) is 0 Å². The molecule has 3 rings (SSSR count). The molecule has 0 spiro atoms. The lowest BCUT2D eigenvalue weighted by Gasteiger charge is -2.25. The van der Waals surface area contributed by atoms with Crippen molar-refractivity contribution in [1.29, 1.82) is 0 Å². The largest absolute Gasteiger partial charge is 0.505 e. The molecule has 1 aromatic rings. The molecule has 2 aliphatic heterocycles. The average Bonchev–Trinajstić information content (AvgIpc) is 2.76. The van der Waals surface area contributed by atoms with Gasteiger partial charge in [-0.25, -0.2) is 0 Å². The SMILES string of the molecule is O=C(c1ccncc1O)N1CCCN2CCCC2C1. The molecule has 102 valence electrons. The minimum Gasteiger partial charge on any atom is -0.505 e. The van der Waals surface area contributed by atoms with Gasteiger partial charge in [-0.3, -0.25) is 14.7 Å². The second-order valence-corrected chi connectivity index (χ2v) is 5.33. The fourth-order valence-electron chi connectivity index (χ4n) is 3.13. The third-order valence-electron chi connectivity index (χ3n) is 4.12. The topological polar surface area (TPSA) is 56.7 Å². The van der Waals surface area contributed by atoms with Crippen molar-refractivity contribution in [2.24, 2.45) is 0 Å². The fourth-order valence-corrected chi connectivity index (χ4v) is 3.13. The van der Waals surface area contributed by atoms with Crippen molar-refractivity contribution in [3.63, 3.8) is 0 Å². The van der Waals surface area contributed by atoms with Crippen molar-refractivity contribution < 1.29 is 9.90 Å². The Hall–Kier alpha value is -1.62. The first-order chi connectivity index (χ1) is 9.25. The van der Waals surface area contributed by atoms with Gasteiger partial charge in [-0.1, -0.05) is 0 Å². The molecule has 2 saturated heterocycles. The van der Waals surface area contributed by atoms with E-state index in [0.717, 1.165) is 32.6 Å². The summed E-state index contributed by atoms with van der Waals surface area (Å²) in [6, 6.07) is 2.09. The Morgan fingerprint density at radius 3 is 3.00 bits per heavy atom. The summed E-state index contributed by atoms with van der Waals surface area (Å²) in [5.74, 6) is -0.103.